The van der Waals surface area contributed by atoms with Crippen molar-refractivity contribution in [3.05, 3.63) is 34.9 Å². The van der Waals surface area contributed by atoms with Gasteiger partial charge in [0.25, 0.3) is 0 Å². The summed E-state index contributed by atoms with van der Waals surface area (Å²) in [5.74, 6) is 0.159. The first-order chi connectivity index (χ1) is 7.08. The topological polar surface area (TPSA) is 46.2 Å². The van der Waals surface area contributed by atoms with E-state index in [4.69, 9.17) is 5.73 Å². The van der Waals surface area contributed by atoms with Crippen molar-refractivity contribution in [2.45, 2.75) is 33.3 Å². The lowest BCUT2D eigenvalue weighted by molar-refractivity contribution is 0.110. The van der Waals surface area contributed by atoms with Gasteiger partial charge in [-0.15, -0.1) is 0 Å². The van der Waals surface area contributed by atoms with Crippen LogP contribution in [0.2, 0.25) is 0 Å². The molecule has 2 heteroatoms. The van der Waals surface area contributed by atoms with Crippen molar-refractivity contribution in [2.75, 3.05) is 6.54 Å². The number of benzene rings is 1. The zero-order valence-electron chi connectivity index (χ0n) is 9.83. The summed E-state index contributed by atoms with van der Waals surface area (Å²) < 4.78 is 0. The molecule has 2 nitrogen and oxygen atoms in total. The third kappa shape index (κ3) is 3.05. The molecular weight excluding hydrogens is 186 g/mol. The van der Waals surface area contributed by atoms with Crippen LogP contribution >= 0.6 is 0 Å². The maximum Gasteiger partial charge on any atom is 0.0830 e. The van der Waals surface area contributed by atoms with Gasteiger partial charge in [0.15, 0.2) is 0 Å². The van der Waals surface area contributed by atoms with Crippen molar-refractivity contribution in [3.8, 4) is 0 Å². The van der Waals surface area contributed by atoms with Crippen LogP contribution in [0.1, 0.15) is 36.1 Å². The number of aryl methyl sites for hydroxylation is 2. The molecule has 1 aromatic carbocycles. The Morgan fingerprint density at radius 3 is 2.13 bits per heavy atom. The van der Waals surface area contributed by atoms with E-state index in [1.807, 2.05) is 26.0 Å². The molecule has 1 aromatic rings. The fraction of sp³-hybridized carbons (Fsp3) is 0.538. The SMILES string of the molecule is CCC(CN)C(O)c1cc(C)cc(C)c1. The fourth-order valence-corrected chi connectivity index (χ4v) is 1.97. The van der Waals surface area contributed by atoms with Crippen LogP contribution < -0.4 is 5.73 Å². The molecule has 0 heterocycles. The summed E-state index contributed by atoms with van der Waals surface area (Å²) in [6.07, 6.45) is 0.476. The maximum atomic E-state index is 10.1. The third-order valence-corrected chi connectivity index (χ3v) is 2.86. The predicted molar refractivity (Wildman–Crippen MR) is 63.7 cm³/mol. The Labute approximate surface area is 92.1 Å². The average Bonchev–Trinajstić information content (AvgIpc) is 2.18. The Morgan fingerprint density at radius 2 is 1.73 bits per heavy atom. The highest BCUT2D eigenvalue weighted by molar-refractivity contribution is 5.30. The molecule has 0 amide bonds. The molecule has 0 spiro atoms. The van der Waals surface area contributed by atoms with Crippen LogP contribution in [0.4, 0.5) is 0 Å². The Hall–Kier alpha value is -0.860. The highest BCUT2D eigenvalue weighted by atomic mass is 16.3. The molecule has 2 unspecified atom stereocenters. The smallest absolute Gasteiger partial charge is 0.0830 e. The molecule has 15 heavy (non-hydrogen) atoms. The van der Waals surface area contributed by atoms with Crippen LogP contribution in [0.5, 0.6) is 0 Å². The summed E-state index contributed by atoms with van der Waals surface area (Å²) in [6.45, 7) is 6.69. The van der Waals surface area contributed by atoms with Gasteiger partial charge >= 0.3 is 0 Å². The lowest BCUT2D eigenvalue weighted by Gasteiger charge is -2.21. The largest absolute Gasteiger partial charge is 0.388 e. The number of aliphatic hydroxyl groups excluding tert-OH is 1. The van der Waals surface area contributed by atoms with E-state index in [0.717, 1.165) is 12.0 Å². The second-order valence-electron chi connectivity index (χ2n) is 4.27. The van der Waals surface area contributed by atoms with Gasteiger partial charge in [-0.3, -0.25) is 0 Å². The van der Waals surface area contributed by atoms with Gasteiger partial charge < -0.3 is 10.8 Å². The van der Waals surface area contributed by atoms with Crippen LogP contribution in [-0.2, 0) is 0 Å². The Kier molecular flexibility index (Phi) is 4.30. The van der Waals surface area contributed by atoms with Crippen molar-refractivity contribution >= 4 is 0 Å². The molecule has 1 rings (SSSR count). The third-order valence-electron chi connectivity index (χ3n) is 2.86. The van der Waals surface area contributed by atoms with Gasteiger partial charge in [-0.1, -0.05) is 36.2 Å². The summed E-state index contributed by atoms with van der Waals surface area (Å²) in [5, 5.41) is 10.1. The normalized spacial score (nSPS) is 15.0. The molecule has 0 aliphatic rings. The summed E-state index contributed by atoms with van der Waals surface area (Å²) in [4.78, 5) is 0. The van der Waals surface area contributed by atoms with E-state index in [9.17, 15) is 5.11 Å². The van der Waals surface area contributed by atoms with Gasteiger partial charge in [0.05, 0.1) is 6.10 Å². The first kappa shape index (κ1) is 12.2. The van der Waals surface area contributed by atoms with Crippen molar-refractivity contribution in [3.63, 3.8) is 0 Å². The summed E-state index contributed by atoms with van der Waals surface area (Å²) in [5.41, 5.74) is 9.01. The molecule has 84 valence electrons. The Morgan fingerprint density at radius 1 is 1.20 bits per heavy atom. The first-order valence-corrected chi connectivity index (χ1v) is 5.54. The molecule has 0 radical (unpaired) electrons. The maximum absolute atomic E-state index is 10.1. The zero-order chi connectivity index (χ0) is 11.4. The minimum atomic E-state index is -0.432. The molecule has 2 atom stereocenters. The van der Waals surface area contributed by atoms with Gasteiger partial charge in [0, 0.05) is 5.92 Å². The minimum absolute atomic E-state index is 0.159. The molecular formula is C13H21NO. The average molecular weight is 207 g/mol. The van der Waals surface area contributed by atoms with Crippen LogP contribution in [0.25, 0.3) is 0 Å². The quantitative estimate of drug-likeness (QED) is 0.796. The molecule has 0 fully saturated rings. The summed E-state index contributed by atoms with van der Waals surface area (Å²) in [7, 11) is 0. The fourth-order valence-electron chi connectivity index (χ4n) is 1.97. The van der Waals surface area contributed by atoms with E-state index in [-0.39, 0.29) is 5.92 Å². The van der Waals surface area contributed by atoms with Gasteiger partial charge in [-0.05, 0) is 32.4 Å². The number of hydrogen-bond donors (Lipinski definition) is 2. The molecule has 0 aromatic heterocycles. The first-order valence-electron chi connectivity index (χ1n) is 5.54. The number of nitrogens with two attached hydrogens (primary N) is 1. The van der Waals surface area contributed by atoms with Crippen molar-refractivity contribution in [2.24, 2.45) is 11.7 Å². The van der Waals surface area contributed by atoms with Crippen molar-refractivity contribution in [1.82, 2.24) is 0 Å². The van der Waals surface area contributed by atoms with E-state index in [0.29, 0.717) is 6.54 Å². The molecule has 0 bridgehead atoms. The molecule has 0 saturated heterocycles. The standard InChI is InChI=1S/C13H21NO/c1-4-11(8-14)13(15)12-6-9(2)5-10(3)7-12/h5-7,11,13,15H,4,8,14H2,1-3H3. The second kappa shape index (κ2) is 5.29. The van der Waals surface area contributed by atoms with Gasteiger partial charge in [-0.25, -0.2) is 0 Å². The van der Waals surface area contributed by atoms with Crippen LogP contribution in [0.15, 0.2) is 18.2 Å². The number of hydrogen-bond acceptors (Lipinski definition) is 2. The van der Waals surface area contributed by atoms with E-state index in [1.54, 1.807) is 0 Å². The number of aliphatic hydroxyl groups is 1. The highest BCUT2D eigenvalue weighted by Gasteiger charge is 2.17. The van der Waals surface area contributed by atoms with Crippen molar-refractivity contribution < 1.29 is 5.11 Å². The van der Waals surface area contributed by atoms with Crippen LogP contribution in [0, 0.1) is 19.8 Å². The van der Waals surface area contributed by atoms with Crippen LogP contribution in [-0.4, -0.2) is 11.7 Å². The minimum Gasteiger partial charge on any atom is -0.388 e. The monoisotopic (exact) mass is 207 g/mol. The van der Waals surface area contributed by atoms with E-state index in [1.165, 1.54) is 11.1 Å². The summed E-state index contributed by atoms with van der Waals surface area (Å²) in [6, 6.07) is 6.19. The zero-order valence-corrected chi connectivity index (χ0v) is 9.83. The Balaban J connectivity index is 2.94. The molecule has 0 aliphatic heterocycles. The van der Waals surface area contributed by atoms with E-state index in [2.05, 4.69) is 13.0 Å². The van der Waals surface area contributed by atoms with Crippen molar-refractivity contribution in [1.29, 1.82) is 0 Å². The second-order valence-corrected chi connectivity index (χ2v) is 4.27. The van der Waals surface area contributed by atoms with Gasteiger partial charge in [0.2, 0.25) is 0 Å². The summed E-state index contributed by atoms with van der Waals surface area (Å²) >= 11 is 0. The van der Waals surface area contributed by atoms with E-state index < -0.39 is 6.10 Å². The van der Waals surface area contributed by atoms with Gasteiger partial charge in [0.1, 0.15) is 0 Å². The number of rotatable bonds is 4. The lowest BCUT2D eigenvalue weighted by Crippen LogP contribution is -2.21. The molecule has 0 saturated carbocycles. The van der Waals surface area contributed by atoms with Gasteiger partial charge in [-0.2, -0.15) is 0 Å². The van der Waals surface area contributed by atoms with E-state index >= 15 is 0 Å². The molecule has 0 aliphatic carbocycles. The Bertz CT molecular complexity index is 298. The molecule has 3 N–H and O–H groups in total. The highest BCUT2D eigenvalue weighted by Crippen LogP contribution is 2.25. The lowest BCUT2D eigenvalue weighted by atomic mass is 9.92. The predicted octanol–water partition coefficient (Wildman–Crippen LogP) is 2.32. The van der Waals surface area contributed by atoms with Crippen LogP contribution in [0.3, 0.4) is 0 Å².